The van der Waals surface area contributed by atoms with Crippen molar-refractivity contribution in [3.63, 3.8) is 0 Å². The van der Waals surface area contributed by atoms with E-state index < -0.39 is 17.1 Å². The number of thioether (sulfide) groups is 1. The zero-order valence-corrected chi connectivity index (χ0v) is 27.4. The van der Waals surface area contributed by atoms with E-state index in [1.54, 1.807) is 79.9 Å². The molecule has 234 valence electrons. The van der Waals surface area contributed by atoms with Gasteiger partial charge in [0.15, 0.2) is 0 Å². The molecule has 1 aromatic heterocycles. The fraction of sp³-hybridized carbons (Fsp3) is 0.222. The molecule has 1 heterocycles. The molecule has 0 fully saturated rings. The number of benzene rings is 3. The van der Waals surface area contributed by atoms with Gasteiger partial charge in [0.2, 0.25) is 5.91 Å². The van der Waals surface area contributed by atoms with Crippen LogP contribution >= 0.6 is 23.1 Å². The van der Waals surface area contributed by atoms with Crippen molar-refractivity contribution < 1.29 is 19.1 Å². The second-order valence-corrected chi connectivity index (χ2v) is 13.6. The topological polar surface area (TPSA) is 120 Å². The molecule has 46 heavy (non-hydrogen) atoms. The summed E-state index contributed by atoms with van der Waals surface area (Å²) in [7, 11) is 1.57. The highest BCUT2D eigenvalue weighted by atomic mass is 32.2. The maximum Gasteiger partial charge on any atom is 0.272 e. The molecule has 5 rings (SSSR count). The van der Waals surface area contributed by atoms with Crippen LogP contribution in [-0.4, -0.2) is 30.1 Å². The van der Waals surface area contributed by atoms with E-state index in [2.05, 4.69) is 28.9 Å². The molecule has 0 radical (unpaired) electrons. The highest BCUT2D eigenvalue weighted by Crippen LogP contribution is 2.39. The van der Waals surface area contributed by atoms with Crippen molar-refractivity contribution in [3.8, 4) is 11.8 Å². The normalized spacial score (nSPS) is 14.7. The Bertz CT molecular complexity index is 1810. The number of nitrogens with one attached hydrogen (secondary N) is 3. The summed E-state index contributed by atoms with van der Waals surface area (Å²) in [6.45, 7) is 4.02. The Morgan fingerprint density at radius 3 is 2.52 bits per heavy atom. The summed E-state index contributed by atoms with van der Waals surface area (Å²) in [6.07, 6.45) is 4.43. The molecule has 0 bridgehead atoms. The molecule has 1 aliphatic rings. The Kier molecular flexibility index (Phi) is 10.6. The van der Waals surface area contributed by atoms with Gasteiger partial charge in [-0.05, 0) is 91.8 Å². The van der Waals surface area contributed by atoms with Crippen molar-refractivity contribution in [3.05, 3.63) is 112 Å². The quantitative estimate of drug-likeness (QED) is 0.123. The van der Waals surface area contributed by atoms with Crippen LogP contribution < -0.4 is 20.7 Å². The molecule has 0 saturated heterocycles. The molecule has 0 aliphatic heterocycles. The fourth-order valence-electron chi connectivity index (χ4n) is 5.08. The number of nitriles is 1. The molecule has 2 atom stereocenters. The van der Waals surface area contributed by atoms with Crippen LogP contribution in [0.25, 0.3) is 6.08 Å². The van der Waals surface area contributed by atoms with Crippen LogP contribution in [0.5, 0.6) is 5.75 Å². The molecule has 2 unspecified atom stereocenters. The lowest BCUT2D eigenvalue weighted by Crippen LogP contribution is -2.30. The molecule has 0 spiro atoms. The first-order valence-corrected chi connectivity index (χ1v) is 16.6. The van der Waals surface area contributed by atoms with Crippen LogP contribution in [0.15, 0.2) is 89.5 Å². The largest absolute Gasteiger partial charge is 0.497 e. The lowest BCUT2D eigenvalue weighted by molar-refractivity contribution is -0.115. The number of amides is 3. The number of fused-ring (bicyclic) bond motifs is 1. The molecule has 3 aromatic carbocycles. The van der Waals surface area contributed by atoms with E-state index in [1.807, 2.05) is 19.1 Å². The van der Waals surface area contributed by atoms with E-state index >= 15 is 0 Å². The number of ether oxygens (including phenoxy) is 1. The third-order valence-electron chi connectivity index (χ3n) is 7.59. The van der Waals surface area contributed by atoms with Crippen LogP contribution in [-0.2, 0) is 22.4 Å². The number of rotatable bonds is 10. The number of anilines is 2. The minimum atomic E-state index is -0.506. The minimum absolute atomic E-state index is 0.0613. The summed E-state index contributed by atoms with van der Waals surface area (Å²) >= 11 is 2.85. The average Bonchev–Trinajstić information content (AvgIpc) is 3.40. The Balaban J connectivity index is 1.28. The van der Waals surface area contributed by atoms with Crippen LogP contribution in [0.4, 0.5) is 10.7 Å². The van der Waals surface area contributed by atoms with Crippen molar-refractivity contribution in [2.45, 2.75) is 43.3 Å². The van der Waals surface area contributed by atoms with Crippen molar-refractivity contribution >= 4 is 57.6 Å². The first kappa shape index (κ1) is 32.5. The number of methoxy groups -OCH3 is 1. The van der Waals surface area contributed by atoms with Crippen LogP contribution in [0.2, 0.25) is 0 Å². The number of carbonyl (C=O) groups excluding carboxylic acids is 3. The van der Waals surface area contributed by atoms with Gasteiger partial charge in [-0.15, -0.1) is 23.1 Å². The number of carbonyl (C=O) groups is 3. The van der Waals surface area contributed by atoms with Gasteiger partial charge >= 0.3 is 0 Å². The van der Waals surface area contributed by atoms with Gasteiger partial charge in [0.05, 0.1) is 17.9 Å². The van der Waals surface area contributed by atoms with Crippen molar-refractivity contribution in [2.24, 2.45) is 5.92 Å². The molecule has 8 nitrogen and oxygen atoms in total. The van der Waals surface area contributed by atoms with E-state index in [1.165, 1.54) is 28.0 Å². The molecule has 4 aromatic rings. The van der Waals surface area contributed by atoms with E-state index in [0.29, 0.717) is 39.0 Å². The molecule has 3 amide bonds. The van der Waals surface area contributed by atoms with Gasteiger partial charge < -0.3 is 20.7 Å². The standard InChI is InChI=1S/C36H34N4O4S2/c1-22-12-17-29-30(21-37)36(46-32(29)18-22)40-33(41)23(2)45-28-11-7-10-26(20-28)38-35(43)31(19-24-13-15-27(44-3)16-14-24)39-34(42)25-8-5-4-6-9-25/h4-11,13-16,19-20,22-23H,12,17-18H2,1-3H3,(H,38,43)(H,39,42)(H,40,41)/b31-19+. The molecule has 3 N–H and O–H groups in total. The number of thiophene rings is 1. The summed E-state index contributed by atoms with van der Waals surface area (Å²) < 4.78 is 5.23. The maximum atomic E-state index is 13.5. The molecule has 0 saturated carbocycles. The Morgan fingerprint density at radius 2 is 1.80 bits per heavy atom. The van der Waals surface area contributed by atoms with E-state index in [9.17, 15) is 19.6 Å². The highest BCUT2D eigenvalue weighted by molar-refractivity contribution is 8.00. The van der Waals surface area contributed by atoms with E-state index in [-0.39, 0.29) is 11.6 Å². The molecule has 1 aliphatic carbocycles. The summed E-state index contributed by atoms with van der Waals surface area (Å²) in [6, 6.07) is 25.3. The second kappa shape index (κ2) is 15.0. The SMILES string of the molecule is COc1ccc(/C=C(/NC(=O)c2ccccc2)C(=O)Nc2cccc(SC(C)C(=O)Nc3sc4c(c3C#N)CCC(C)C4)c2)cc1. The van der Waals surface area contributed by atoms with E-state index in [4.69, 9.17) is 4.74 Å². The lowest BCUT2D eigenvalue weighted by Gasteiger charge is -2.17. The minimum Gasteiger partial charge on any atom is -0.497 e. The zero-order chi connectivity index (χ0) is 32.6. The van der Waals surface area contributed by atoms with Gasteiger partial charge in [-0.2, -0.15) is 5.26 Å². The fourth-order valence-corrected chi connectivity index (χ4v) is 7.37. The molecule has 10 heteroatoms. The first-order valence-electron chi connectivity index (χ1n) is 14.9. The highest BCUT2D eigenvalue weighted by Gasteiger charge is 2.26. The number of nitrogens with zero attached hydrogens (tertiary/aromatic N) is 1. The second-order valence-electron chi connectivity index (χ2n) is 11.1. The van der Waals surface area contributed by atoms with Crippen molar-refractivity contribution in [2.75, 3.05) is 17.7 Å². The van der Waals surface area contributed by atoms with Gasteiger partial charge in [-0.1, -0.05) is 43.3 Å². The lowest BCUT2D eigenvalue weighted by atomic mass is 9.89. The van der Waals surface area contributed by atoms with Crippen molar-refractivity contribution in [1.29, 1.82) is 5.26 Å². The van der Waals surface area contributed by atoms with Gasteiger partial charge in [-0.3, -0.25) is 14.4 Å². The number of hydrogen-bond donors (Lipinski definition) is 3. The Morgan fingerprint density at radius 1 is 1.04 bits per heavy atom. The summed E-state index contributed by atoms with van der Waals surface area (Å²) in [4.78, 5) is 41.6. The summed E-state index contributed by atoms with van der Waals surface area (Å²) in [5.74, 6) is 0.116. The van der Waals surface area contributed by atoms with Crippen LogP contribution in [0, 0.1) is 17.2 Å². The third kappa shape index (κ3) is 8.05. The van der Waals surface area contributed by atoms with Crippen molar-refractivity contribution in [1.82, 2.24) is 5.32 Å². The van der Waals surface area contributed by atoms with Gasteiger partial charge in [0, 0.05) is 21.0 Å². The first-order chi connectivity index (χ1) is 22.2. The van der Waals surface area contributed by atoms with E-state index in [0.717, 1.165) is 29.7 Å². The average molecular weight is 651 g/mol. The summed E-state index contributed by atoms with van der Waals surface area (Å²) in [5.41, 5.74) is 3.34. The van der Waals surface area contributed by atoms with Gasteiger partial charge in [0.1, 0.15) is 22.5 Å². The van der Waals surface area contributed by atoms with Gasteiger partial charge in [-0.25, -0.2) is 0 Å². The smallest absolute Gasteiger partial charge is 0.272 e. The Labute approximate surface area is 276 Å². The predicted octanol–water partition coefficient (Wildman–Crippen LogP) is 7.28. The van der Waals surface area contributed by atoms with Crippen LogP contribution in [0.3, 0.4) is 0 Å². The third-order valence-corrected chi connectivity index (χ3v) is 9.85. The molecular formula is C36H34N4O4S2. The van der Waals surface area contributed by atoms with Crippen LogP contribution in [0.1, 0.15) is 52.2 Å². The monoisotopic (exact) mass is 650 g/mol. The van der Waals surface area contributed by atoms with Gasteiger partial charge in [0.25, 0.3) is 11.8 Å². The zero-order valence-electron chi connectivity index (χ0n) is 25.8. The molecular weight excluding hydrogens is 617 g/mol. The number of hydrogen-bond acceptors (Lipinski definition) is 7. The predicted molar refractivity (Wildman–Crippen MR) is 184 cm³/mol. The maximum absolute atomic E-state index is 13.5. The Hall–Kier alpha value is -4.85. The summed E-state index contributed by atoms with van der Waals surface area (Å²) in [5, 5.41) is 18.6.